The van der Waals surface area contributed by atoms with E-state index in [1.54, 1.807) is 17.3 Å². The highest BCUT2D eigenvalue weighted by atomic mass is 16.6. The number of rotatable bonds is 5. The normalized spacial score (nSPS) is 23.6. The van der Waals surface area contributed by atoms with E-state index < -0.39 is 12.2 Å². The van der Waals surface area contributed by atoms with Gasteiger partial charge in [0.25, 0.3) is 0 Å². The van der Waals surface area contributed by atoms with Gasteiger partial charge < -0.3 is 19.7 Å². The van der Waals surface area contributed by atoms with Gasteiger partial charge in [-0.25, -0.2) is 9.78 Å². The highest BCUT2D eigenvalue weighted by Crippen LogP contribution is 2.28. The summed E-state index contributed by atoms with van der Waals surface area (Å²) in [6, 6.07) is -0.0255. The van der Waals surface area contributed by atoms with E-state index >= 15 is 0 Å². The molecule has 6 nitrogen and oxygen atoms in total. The molecule has 2 heterocycles. The number of carbonyl (C=O) groups is 1. The Morgan fingerprint density at radius 2 is 2.60 bits per heavy atom. The third kappa shape index (κ3) is 3.39. The molecular weight excluding hydrogens is 258 g/mol. The van der Waals surface area contributed by atoms with E-state index in [9.17, 15) is 9.90 Å². The number of nitrogens with one attached hydrogen (secondary N) is 1. The number of imidazole rings is 1. The van der Waals surface area contributed by atoms with Gasteiger partial charge in [-0.3, -0.25) is 0 Å². The molecule has 1 aliphatic rings. The Hall–Kier alpha value is -1.82. The van der Waals surface area contributed by atoms with Crippen LogP contribution in [-0.4, -0.2) is 51.4 Å². The van der Waals surface area contributed by atoms with E-state index in [1.807, 2.05) is 0 Å². The maximum absolute atomic E-state index is 11.9. The molecule has 1 aromatic rings. The maximum atomic E-state index is 11.9. The van der Waals surface area contributed by atoms with Crippen LogP contribution in [0.1, 0.15) is 31.5 Å². The van der Waals surface area contributed by atoms with Crippen molar-refractivity contribution in [1.82, 2.24) is 14.9 Å². The van der Waals surface area contributed by atoms with Gasteiger partial charge in [0.2, 0.25) is 0 Å². The first kappa shape index (κ1) is 14.6. The Labute approximate surface area is 118 Å². The number of H-pyrrole nitrogens is 1. The number of aromatic amines is 1. The van der Waals surface area contributed by atoms with Crippen LogP contribution in [0.3, 0.4) is 0 Å². The summed E-state index contributed by atoms with van der Waals surface area (Å²) in [5, 5.41) is 9.79. The standard InChI is InChI=1S/C14H21N3O3/c1-3-6-20-14(19)17-9-12(18)8-11(17)7-10(2)13-15-4-5-16-13/h3-5,10-12,18H,1,6-9H2,2H3,(H,15,16)/t10-,11?,12?/m0/s1. The fourth-order valence-electron chi connectivity index (χ4n) is 2.62. The summed E-state index contributed by atoms with van der Waals surface area (Å²) in [6.07, 6.45) is 5.47. The van der Waals surface area contributed by atoms with Gasteiger partial charge in [-0.05, 0) is 12.8 Å². The minimum Gasteiger partial charge on any atom is -0.445 e. The van der Waals surface area contributed by atoms with Gasteiger partial charge in [-0.1, -0.05) is 19.6 Å². The summed E-state index contributed by atoms with van der Waals surface area (Å²) in [5.41, 5.74) is 0. The first-order chi connectivity index (χ1) is 9.61. The molecule has 2 unspecified atom stereocenters. The molecule has 0 saturated carbocycles. The molecule has 1 fully saturated rings. The van der Waals surface area contributed by atoms with Crippen molar-refractivity contribution >= 4 is 6.09 Å². The zero-order chi connectivity index (χ0) is 14.5. The van der Waals surface area contributed by atoms with Crippen LogP contribution in [0.5, 0.6) is 0 Å². The number of aliphatic hydroxyl groups excluding tert-OH is 1. The lowest BCUT2D eigenvalue weighted by Gasteiger charge is -2.25. The minimum absolute atomic E-state index is 0.0255. The summed E-state index contributed by atoms with van der Waals surface area (Å²) in [7, 11) is 0. The second kappa shape index (κ2) is 6.56. The van der Waals surface area contributed by atoms with Crippen LogP contribution in [0.4, 0.5) is 4.79 Å². The predicted octanol–water partition coefficient (Wildman–Crippen LogP) is 1.66. The number of amides is 1. The van der Waals surface area contributed by atoms with Crippen LogP contribution in [0.2, 0.25) is 0 Å². The van der Waals surface area contributed by atoms with Crippen molar-refractivity contribution < 1.29 is 14.6 Å². The predicted molar refractivity (Wildman–Crippen MR) is 74.3 cm³/mol. The van der Waals surface area contributed by atoms with Gasteiger partial charge in [0.05, 0.1) is 12.6 Å². The Morgan fingerprint density at radius 3 is 3.25 bits per heavy atom. The maximum Gasteiger partial charge on any atom is 0.410 e. The number of hydrogen-bond acceptors (Lipinski definition) is 4. The largest absolute Gasteiger partial charge is 0.445 e. The smallest absolute Gasteiger partial charge is 0.410 e. The highest BCUT2D eigenvalue weighted by Gasteiger charge is 2.36. The fraction of sp³-hybridized carbons (Fsp3) is 0.571. The van der Waals surface area contributed by atoms with Crippen LogP contribution in [-0.2, 0) is 4.74 Å². The minimum atomic E-state index is -0.486. The van der Waals surface area contributed by atoms with E-state index in [4.69, 9.17) is 4.74 Å². The number of aliphatic hydroxyl groups is 1. The van der Waals surface area contributed by atoms with Crippen LogP contribution in [0.25, 0.3) is 0 Å². The summed E-state index contributed by atoms with van der Waals surface area (Å²) in [6.45, 7) is 6.08. The Bertz CT molecular complexity index is 447. The number of hydrogen-bond donors (Lipinski definition) is 2. The Kier molecular flexibility index (Phi) is 4.79. The second-order valence-corrected chi connectivity index (χ2v) is 5.17. The molecule has 1 amide bonds. The number of ether oxygens (including phenoxy) is 1. The fourth-order valence-corrected chi connectivity index (χ4v) is 2.62. The molecule has 3 atom stereocenters. The lowest BCUT2D eigenvalue weighted by Crippen LogP contribution is -2.37. The van der Waals surface area contributed by atoms with Crippen molar-refractivity contribution in [2.75, 3.05) is 13.2 Å². The van der Waals surface area contributed by atoms with Crippen molar-refractivity contribution in [3.8, 4) is 0 Å². The van der Waals surface area contributed by atoms with Crippen LogP contribution in [0, 0.1) is 0 Å². The zero-order valence-electron chi connectivity index (χ0n) is 11.7. The van der Waals surface area contributed by atoms with Crippen LogP contribution in [0.15, 0.2) is 25.0 Å². The molecule has 1 aliphatic heterocycles. The molecule has 2 rings (SSSR count). The third-order valence-corrected chi connectivity index (χ3v) is 3.56. The quantitative estimate of drug-likeness (QED) is 0.803. The summed E-state index contributed by atoms with van der Waals surface area (Å²) < 4.78 is 5.06. The molecule has 2 N–H and O–H groups in total. The van der Waals surface area contributed by atoms with E-state index in [1.165, 1.54) is 6.08 Å². The number of likely N-dealkylation sites (tertiary alicyclic amines) is 1. The molecule has 0 aromatic carbocycles. The molecule has 1 aromatic heterocycles. The summed E-state index contributed by atoms with van der Waals surface area (Å²) in [5.74, 6) is 1.08. The molecule has 0 bridgehead atoms. The number of β-amino-alcohol motifs (C(OH)–C–C–N with tert-alkyl or cyclic N) is 1. The highest BCUT2D eigenvalue weighted by molar-refractivity contribution is 5.68. The van der Waals surface area contributed by atoms with Gasteiger partial charge in [0.15, 0.2) is 0 Å². The molecule has 1 saturated heterocycles. The lowest BCUT2D eigenvalue weighted by molar-refractivity contribution is 0.100. The second-order valence-electron chi connectivity index (χ2n) is 5.17. The van der Waals surface area contributed by atoms with Gasteiger partial charge in [0, 0.05) is 24.4 Å². The van der Waals surface area contributed by atoms with Crippen LogP contribution < -0.4 is 0 Å². The molecular formula is C14H21N3O3. The number of aromatic nitrogens is 2. The average molecular weight is 279 g/mol. The lowest BCUT2D eigenvalue weighted by atomic mass is 9.99. The van der Waals surface area contributed by atoms with Gasteiger partial charge in [-0.2, -0.15) is 0 Å². The van der Waals surface area contributed by atoms with Crippen molar-refractivity contribution in [2.45, 2.75) is 37.8 Å². The number of carbonyl (C=O) groups excluding carboxylic acids is 1. The van der Waals surface area contributed by atoms with Gasteiger partial charge in [0.1, 0.15) is 12.4 Å². The van der Waals surface area contributed by atoms with Crippen molar-refractivity contribution in [1.29, 1.82) is 0 Å². The molecule has 6 heteroatoms. The molecule has 0 aliphatic carbocycles. The van der Waals surface area contributed by atoms with Gasteiger partial charge in [-0.15, -0.1) is 0 Å². The zero-order valence-corrected chi connectivity index (χ0v) is 11.7. The monoisotopic (exact) mass is 279 g/mol. The molecule has 0 radical (unpaired) electrons. The average Bonchev–Trinajstić information content (AvgIpc) is 3.05. The van der Waals surface area contributed by atoms with E-state index in [-0.39, 0.29) is 18.6 Å². The van der Waals surface area contributed by atoms with E-state index in [0.717, 1.165) is 12.2 Å². The van der Waals surface area contributed by atoms with Crippen LogP contribution >= 0.6 is 0 Å². The number of nitrogens with zero attached hydrogens (tertiary/aromatic N) is 2. The van der Waals surface area contributed by atoms with Crippen molar-refractivity contribution in [3.63, 3.8) is 0 Å². The summed E-state index contributed by atoms with van der Waals surface area (Å²) in [4.78, 5) is 20.9. The third-order valence-electron chi connectivity index (χ3n) is 3.56. The summed E-state index contributed by atoms with van der Waals surface area (Å²) >= 11 is 0. The van der Waals surface area contributed by atoms with Gasteiger partial charge >= 0.3 is 6.09 Å². The van der Waals surface area contributed by atoms with E-state index in [2.05, 4.69) is 23.5 Å². The molecule has 0 spiro atoms. The van der Waals surface area contributed by atoms with E-state index in [0.29, 0.717) is 13.0 Å². The SMILES string of the molecule is C=CCOC(=O)N1CC(O)CC1C[C@H](C)c1ncc[nH]1. The molecule has 110 valence electrons. The first-order valence-corrected chi connectivity index (χ1v) is 6.83. The van der Waals surface area contributed by atoms with Crippen molar-refractivity contribution in [3.05, 3.63) is 30.9 Å². The Balaban J connectivity index is 1.97. The topological polar surface area (TPSA) is 78.4 Å². The van der Waals surface area contributed by atoms with Crippen molar-refractivity contribution in [2.24, 2.45) is 0 Å². The Morgan fingerprint density at radius 1 is 1.80 bits per heavy atom. The molecule has 20 heavy (non-hydrogen) atoms. The first-order valence-electron chi connectivity index (χ1n) is 6.83.